The number of rotatable bonds is 11. The zero-order valence-electron chi connectivity index (χ0n) is 18.3. The van der Waals surface area contributed by atoms with Crippen molar-refractivity contribution in [1.82, 2.24) is 4.98 Å². The largest absolute Gasteiger partial charge is 0.493 e. The molecular formula is C25H24ClNO5S. The molecule has 0 aliphatic carbocycles. The van der Waals surface area contributed by atoms with Gasteiger partial charge >= 0.3 is 5.97 Å². The summed E-state index contributed by atoms with van der Waals surface area (Å²) in [6.07, 6.45) is 1.76. The highest BCUT2D eigenvalue weighted by Crippen LogP contribution is 2.27. The number of halogens is 1. The van der Waals surface area contributed by atoms with E-state index in [-0.39, 0.29) is 23.5 Å². The van der Waals surface area contributed by atoms with Gasteiger partial charge < -0.3 is 14.6 Å². The standard InChI is InChI=1S/C25H24ClNO5S/c1-16-12-20(8-9-22(16)33-15-23(28)29)31-11-10-17(2)32-25-21(13-19(26)14-27-25)24(30)18-6-4-3-5-7-18/h3-9,12-14,17H,10-11,15H2,1-2H3,(H,28,29)/t17-/m1/s1. The Labute approximate surface area is 201 Å². The van der Waals surface area contributed by atoms with E-state index in [4.69, 9.17) is 26.2 Å². The highest BCUT2D eigenvalue weighted by molar-refractivity contribution is 8.00. The Balaban J connectivity index is 1.58. The van der Waals surface area contributed by atoms with Gasteiger partial charge in [0.15, 0.2) is 5.78 Å². The average molecular weight is 486 g/mol. The third-order valence-electron chi connectivity index (χ3n) is 4.70. The molecule has 0 saturated carbocycles. The summed E-state index contributed by atoms with van der Waals surface area (Å²) in [6, 6.07) is 16.0. The van der Waals surface area contributed by atoms with Gasteiger partial charge in [0.25, 0.3) is 0 Å². The van der Waals surface area contributed by atoms with Crippen molar-refractivity contribution in [3.63, 3.8) is 0 Å². The number of carbonyl (C=O) groups excluding carboxylic acids is 1. The van der Waals surface area contributed by atoms with Gasteiger partial charge in [-0.2, -0.15) is 0 Å². The van der Waals surface area contributed by atoms with Crippen molar-refractivity contribution in [2.45, 2.75) is 31.3 Å². The monoisotopic (exact) mass is 485 g/mol. The Hall–Kier alpha value is -3.03. The number of ketones is 1. The summed E-state index contributed by atoms with van der Waals surface area (Å²) < 4.78 is 11.8. The van der Waals surface area contributed by atoms with Crippen LogP contribution < -0.4 is 9.47 Å². The maximum atomic E-state index is 12.9. The van der Waals surface area contributed by atoms with Crippen LogP contribution >= 0.6 is 23.4 Å². The van der Waals surface area contributed by atoms with Crippen molar-refractivity contribution in [3.8, 4) is 11.6 Å². The molecule has 0 fully saturated rings. The number of carboxylic acids is 1. The highest BCUT2D eigenvalue weighted by atomic mass is 35.5. The molecule has 0 aliphatic heterocycles. The smallest absolute Gasteiger partial charge is 0.313 e. The van der Waals surface area contributed by atoms with Crippen LogP contribution in [0.1, 0.15) is 34.8 Å². The first-order chi connectivity index (χ1) is 15.8. The van der Waals surface area contributed by atoms with E-state index < -0.39 is 5.97 Å². The summed E-state index contributed by atoms with van der Waals surface area (Å²) in [4.78, 5) is 28.8. The number of nitrogens with zero attached hydrogens (tertiary/aromatic N) is 1. The Kier molecular flexibility index (Phi) is 8.74. The van der Waals surface area contributed by atoms with Crippen molar-refractivity contribution >= 4 is 35.1 Å². The lowest BCUT2D eigenvalue weighted by molar-refractivity contribution is -0.133. The molecule has 0 radical (unpaired) electrons. The number of aryl methyl sites for hydroxylation is 1. The molecule has 1 N–H and O–H groups in total. The first-order valence-electron chi connectivity index (χ1n) is 10.3. The van der Waals surface area contributed by atoms with Crippen molar-refractivity contribution in [2.75, 3.05) is 12.4 Å². The molecule has 0 unspecified atom stereocenters. The molecule has 0 aliphatic rings. The predicted molar refractivity (Wildman–Crippen MR) is 129 cm³/mol. The second-order valence-corrected chi connectivity index (χ2v) is 8.83. The molecule has 1 heterocycles. The second-order valence-electron chi connectivity index (χ2n) is 7.38. The third-order valence-corrected chi connectivity index (χ3v) is 6.07. The SMILES string of the molecule is Cc1cc(OCC[C@@H](C)Oc2ncc(Cl)cc2C(=O)c2ccccc2)ccc1SCC(=O)O. The lowest BCUT2D eigenvalue weighted by atomic mass is 10.0. The van der Waals surface area contributed by atoms with Crippen molar-refractivity contribution in [1.29, 1.82) is 0 Å². The highest BCUT2D eigenvalue weighted by Gasteiger charge is 2.18. The van der Waals surface area contributed by atoms with Crippen LogP contribution in [0.5, 0.6) is 11.6 Å². The van der Waals surface area contributed by atoms with Gasteiger partial charge in [0.1, 0.15) is 11.9 Å². The summed E-state index contributed by atoms with van der Waals surface area (Å²) in [5.74, 6) is -0.109. The van der Waals surface area contributed by atoms with E-state index in [1.807, 2.05) is 38.1 Å². The van der Waals surface area contributed by atoms with E-state index in [9.17, 15) is 9.59 Å². The normalized spacial score (nSPS) is 11.6. The zero-order chi connectivity index (χ0) is 23.8. The molecule has 8 heteroatoms. The number of hydrogen-bond acceptors (Lipinski definition) is 6. The molecular weight excluding hydrogens is 462 g/mol. The molecule has 1 aromatic heterocycles. The summed E-state index contributed by atoms with van der Waals surface area (Å²) in [5, 5.41) is 9.19. The van der Waals surface area contributed by atoms with Gasteiger partial charge in [-0.25, -0.2) is 4.98 Å². The molecule has 172 valence electrons. The number of ether oxygens (including phenoxy) is 2. The summed E-state index contributed by atoms with van der Waals surface area (Å²) in [7, 11) is 0. The van der Waals surface area contributed by atoms with E-state index in [1.165, 1.54) is 18.0 Å². The summed E-state index contributed by atoms with van der Waals surface area (Å²) >= 11 is 7.35. The lowest BCUT2D eigenvalue weighted by Crippen LogP contribution is -2.18. The fourth-order valence-electron chi connectivity index (χ4n) is 3.03. The third kappa shape index (κ3) is 7.23. The van der Waals surface area contributed by atoms with E-state index in [1.54, 1.807) is 30.3 Å². The number of carboxylic acid groups (broad SMARTS) is 1. The maximum Gasteiger partial charge on any atom is 0.313 e. The zero-order valence-corrected chi connectivity index (χ0v) is 19.9. The lowest BCUT2D eigenvalue weighted by Gasteiger charge is -2.17. The van der Waals surface area contributed by atoms with Crippen LogP contribution in [0.25, 0.3) is 0 Å². The van der Waals surface area contributed by atoms with E-state index in [2.05, 4.69) is 4.98 Å². The first kappa shape index (κ1) is 24.6. The second kappa shape index (κ2) is 11.7. The van der Waals surface area contributed by atoms with Crippen LogP contribution in [0.4, 0.5) is 0 Å². The van der Waals surface area contributed by atoms with E-state index in [0.717, 1.165) is 10.5 Å². The molecule has 0 saturated heterocycles. The van der Waals surface area contributed by atoms with Gasteiger partial charge in [-0.3, -0.25) is 9.59 Å². The molecule has 0 spiro atoms. The van der Waals surface area contributed by atoms with Crippen molar-refractivity contribution < 1.29 is 24.2 Å². The number of hydrogen-bond donors (Lipinski definition) is 1. The molecule has 2 aromatic carbocycles. The number of benzene rings is 2. The first-order valence-corrected chi connectivity index (χ1v) is 11.7. The van der Waals surface area contributed by atoms with Crippen LogP contribution in [0.15, 0.2) is 65.7 Å². The molecule has 3 rings (SSSR count). The predicted octanol–water partition coefficient (Wildman–Crippen LogP) is 5.69. The Morgan fingerprint density at radius 1 is 1.15 bits per heavy atom. The topological polar surface area (TPSA) is 85.7 Å². The van der Waals surface area contributed by atoms with Gasteiger partial charge in [0.05, 0.1) is 22.9 Å². The molecule has 3 aromatic rings. The summed E-state index contributed by atoms with van der Waals surface area (Å²) in [6.45, 7) is 4.20. The molecule has 1 atom stereocenters. The van der Waals surface area contributed by atoms with Gasteiger partial charge in [0, 0.05) is 23.1 Å². The Morgan fingerprint density at radius 2 is 1.91 bits per heavy atom. The fourth-order valence-corrected chi connectivity index (χ4v) is 3.92. The van der Waals surface area contributed by atoms with Crippen LogP contribution in [-0.4, -0.2) is 40.3 Å². The minimum atomic E-state index is -0.850. The van der Waals surface area contributed by atoms with Crippen LogP contribution in [0, 0.1) is 6.92 Å². The van der Waals surface area contributed by atoms with Crippen LogP contribution in [-0.2, 0) is 4.79 Å². The van der Waals surface area contributed by atoms with Crippen LogP contribution in [0.2, 0.25) is 5.02 Å². The van der Waals surface area contributed by atoms with Gasteiger partial charge in [0.2, 0.25) is 5.88 Å². The summed E-state index contributed by atoms with van der Waals surface area (Å²) in [5.41, 5.74) is 1.80. The van der Waals surface area contributed by atoms with E-state index >= 15 is 0 Å². The number of pyridine rings is 1. The molecule has 33 heavy (non-hydrogen) atoms. The Bertz CT molecular complexity index is 1120. The Morgan fingerprint density at radius 3 is 2.61 bits per heavy atom. The molecule has 0 bridgehead atoms. The maximum absolute atomic E-state index is 12.9. The fraction of sp³-hybridized carbons (Fsp3) is 0.240. The average Bonchev–Trinajstić information content (AvgIpc) is 2.79. The van der Waals surface area contributed by atoms with Crippen molar-refractivity contribution in [2.24, 2.45) is 0 Å². The quantitative estimate of drug-likeness (QED) is 0.276. The minimum absolute atomic E-state index is 0.0173. The number of carbonyl (C=O) groups is 2. The van der Waals surface area contributed by atoms with Gasteiger partial charge in [-0.15, -0.1) is 11.8 Å². The molecule has 6 nitrogen and oxygen atoms in total. The number of aromatic nitrogens is 1. The van der Waals surface area contributed by atoms with Gasteiger partial charge in [-0.05, 0) is 43.7 Å². The van der Waals surface area contributed by atoms with Crippen LogP contribution in [0.3, 0.4) is 0 Å². The van der Waals surface area contributed by atoms with Crippen molar-refractivity contribution in [3.05, 3.63) is 82.5 Å². The number of thioether (sulfide) groups is 1. The number of aliphatic carboxylic acids is 1. The minimum Gasteiger partial charge on any atom is -0.493 e. The molecule has 0 amide bonds. The van der Waals surface area contributed by atoms with Gasteiger partial charge in [-0.1, -0.05) is 41.9 Å². The van der Waals surface area contributed by atoms with E-state index in [0.29, 0.717) is 34.9 Å².